The summed E-state index contributed by atoms with van der Waals surface area (Å²) in [7, 11) is 3.81. The van der Waals surface area contributed by atoms with Gasteiger partial charge in [0.05, 0.1) is 12.7 Å². The van der Waals surface area contributed by atoms with Crippen molar-refractivity contribution in [1.82, 2.24) is 10.2 Å². The molecule has 1 fully saturated rings. The minimum Gasteiger partial charge on any atom is -0.392 e. The summed E-state index contributed by atoms with van der Waals surface area (Å²) in [4.78, 5) is 2.23. The molecule has 0 spiro atoms. The third kappa shape index (κ3) is 4.93. The molecular weight excluding hydrogens is 192 g/mol. The van der Waals surface area contributed by atoms with Crippen molar-refractivity contribution in [2.24, 2.45) is 0 Å². The standard InChI is InChI=1S/C11H24N2O2/c1-13(8-9-15-2)7-6-12-10-4-3-5-11(10)14/h10-12,14H,3-9H2,1-2H3/t10-,11-/m0/s1. The fourth-order valence-electron chi connectivity index (χ4n) is 1.98. The lowest BCUT2D eigenvalue weighted by atomic mass is 10.2. The molecule has 4 heteroatoms. The quantitative estimate of drug-likeness (QED) is 0.632. The van der Waals surface area contributed by atoms with Crippen LogP contribution >= 0.6 is 0 Å². The van der Waals surface area contributed by atoms with E-state index in [1.54, 1.807) is 7.11 Å². The largest absolute Gasteiger partial charge is 0.392 e. The zero-order valence-electron chi connectivity index (χ0n) is 9.91. The second kappa shape index (κ2) is 7.17. The fraction of sp³-hybridized carbons (Fsp3) is 1.00. The van der Waals surface area contributed by atoms with Gasteiger partial charge in [-0.25, -0.2) is 0 Å². The maximum Gasteiger partial charge on any atom is 0.0693 e. The molecule has 0 aromatic rings. The van der Waals surface area contributed by atoms with E-state index in [-0.39, 0.29) is 6.10 Å². The molecule has 0 unspecified atom stereocenters. The summed E-state index contributed by atoms with van der Waals surface area (Å²) in [6.07, 6.45) is 3.09. The second-order valence-electron chi connectivity index (χ2n) is 4.35. The van der Waals surface area contributed by atoms with E-state index in [0.29, 0.717) is 6.04 Å². The van der Waals surface area contributed by atoms with Gasteiger partial charge in [-0.2, -0.15) is 0 Å². The van der Waals surface area contributed by atoms with Crippen molar-refractivity contribution in [3.63, 3.8) is 0 Å². The van der Waals surface area contributed by atoms with Crippen LogP contribution in [0.1, 0.15) is 19.3 Å². The van der Waals surface area contributed by atoms with Crippen molar-refractivity contribution < 1.29 is 9.84 Å². The highest BCUT2D eigenvalue weighted by atomic mass is 16.5. The Morgan fingerprint density at radius 2 is 2.20 bits per heavy atom. The first-order valence-corrected chi connectivity index (χ1v) is 5.83. The normalized spacial score (nSPS) is 26.4. The number of ether oxygens (including phenoxy) is 1. The van der Waals surface area contributed by atoms with E-state index in [0.717, 1.165) is 45.5 Å². The highest BCUT2D eigenvalue weighted by Crippen LogP contribution is 2.18. The lowest BCUT2D eigenvalue weighted by Gasteiger charge is -2.20. The predicted molar refractivity (Wildman–Crippen MR) is 61.0 cm³/mol. The van der Waals surface area contributed by atoms with Gasteiger partial charge in [-0.3, -0.25) is 0 Å². The summed E-state index contributed by atoms with van der Waals surface area (Å²) < 4.78 is 5.01. The number of hydrogen-bond acceptors (Lipinski definition) is 4. The Balaban J connectivity index is 2.00. The summed E-state index contributed by atoms with van der Waals surface area (Å²) in [6.45, 7) is 3.70. The van der Waals surface area contributed by atoms with Crippen molar-refractivity contribution >= 4 is 0 Å². The third-order valence-electron chi connectivity index (χ3n) is 3.06. The van der Waals surface area contributed by atoms with E-state index in [1.165, 1.54) is 0 Å². The molecule has 2 atom stereocenters. The van der Waals surface area contributed by atoms with E-state index >= 15 is 0 Å². The molecule has 0 aromatic carbocycles. The number of rotatable bonds is 7. The molecule has 1 saturated carbocycles. The van der Waals surface area contributed by atoms with Crippen molar-refractivity contribution in [2.75, 3.05) is 40.4 Å². The minimum atomic E-state index is -0.130. The lowest BCUT2D eigenvalue weighted by molar-refractivity contribution is 0.142. The van der Waals surface area contributed by atoms with Crippen LogP contribution in [-0.2, 0) is 4.74 Å². The van der Waals surface area contributed by atoms with Gasteiger partial charge in [0, 0.05) is 32.8 Å². The summed E-state index contributed by atoms with van der Waals surface area (Å²) >= 11 is 0. The Labute approximate surface area is 92.6 Å². The van der Waals surface area contributed by atoms with E-state index in [1.807, 2.05) is 0 Å². The van der Waals surface area contributed by atoms with Gasteiger partial charge >= 0.3 is 0 Å². The van der Waals surface area contributed by atoms with Crippen LogP contribution in [0.2, 0.25) is 0 Å². The number of hydrogen-bond donors (Lipinski definition) is 2. The number of aliphatic hydroxyl groups excluding tert-OH is 1. The van der Waals surface area contributed by atoms with E-state index in [4.69, 9.17) is 4.74 Å². The minimum absolute atomic E-state index is 0.130. The van der Waals surface area contributed by atoms with Crippen LogP contribution in [0, 0.1) is 0 Å². The van der Waals surface area contributed by atoms with Crippen LogP contribution in [0.5, 0.6) is 0 Å². The molecule has 1 rings (SSSR count). The van der Waals surface area contributed by atoms with Gasteiger partial charge in [-0.05, 0) is 26.3 Å². The molecular formula is C11H24N2O2. The van der Waals surface area contributed by atoms with Crippen LogP contribution in [0.15, 0.2) is 0 Å². The molecule has 0 heterocycles. The Morgan fingerprint density at radius 3 is 2.80 bits per heavy atom. The molecule has 0 bridgehead atoms. The van der Waals surface area contributed by atoms with E-state index < -0.39 is 0 Å². The first-order valence-electron chi connectivity index (χ1n) is 5.83. The highest BCUT2D eigenvalue weighted by molar-refractivity contribution is 4.82. The van der Waals surface area contributed by atoms with Crippen molar-refractivity contribution in [2.45, 2.75) is 31.4 Å². The SMILES string of the molecule is COCCN(C)CCN[C@H]1CCC[C@@H]1O. The summed E-state index contributed by atoms with van der Waals surface area (Å²) in [6, 6.07) is 0.320. The van der Waals surface area contributed by atoms with Gasteiger partial charge in [0.2, 0.25) is 0 Å². The monoisotopic (exact) mass is 216 g/mol. The second-order valence-corrected chi connectivity index (χ2v) is 4.35. The Hall–Kier alpha value is -0.160. The summed E-state index contributed by atoms with van der Waals surface area (Å²) in [5.41, 5.74) is 0. The molecule has 0 aliphatic heterocycles. The van der Waals surface area contributed by atoms with Crippen LogP contribution in [0.4, 0.5) is 0 Å². The maximum absolute atomic E-state index is 9.60. The summed E-state index contributed by atoms with van der Waals surface area (Å²) in [5.74, 6) is 0. The fourth-order valence-corrected chi connectivity index (χ4v) is 1.98. The number of nitrogens with zero attached hydrogens (tertiary/aromatic N) is 1. The predicted octanol–water partition coefficient (Wildman–Crippen LogP) is 0.0676. The van der Waals surface area contributed by atoms with Gasteiger partial charge < -0.3 is 20.1 Å². The molecule has 0 radical (unpaired) electrons. The van der Waals surface area contributed by atoms with E-state index in [9.17, 15) is 5.11 Å². The Bertz CT molecular complexity index is 167. The van der Waals surface area contributed by atoms with Crippen LogP contribution in [0.3, 0.4) is 0 Å². The van der Waals surface area contributed by atoms with Gasteiger partial charge in [0.1, 0.15) is 0 Å². The van der Waals surface area contributed by atoms with Crippen molar-refractivity contribution in [3.8, 4) is 0 Å². The molecule has 0 aromatic heterocycles. The Kier molecular flexibility index (Phi) is 6.17. The Morgan fingerprint density at radius 1 is 1.40 bits per heavy atom. The third-order valence-corrected chi connectivity index (χ3v) is 3.06. The molecule has 90 valence electrons. The first-order chi connectivity index (χ1) is 7.24. The number of methoxy groups -OCH3 is 1. The first kappa shape index (κ1) is 12.9. The van der Waals surface area contributed by atoms with Crippen LogP contribution < -0.4 is 5.32 Å². The molecule has 15 heavy (non-hydrogen) atoms. The smallest absolute Gasteiger partial charge is 0.0693 e. The van der Waals surface area contributed by atoms with Crippen molar-refractivity contribution in [1.29, 1.82) is 0 Å². The van der Waals surface area contributed by atoms with Gasteiger partial charge in [-0.1, -0.05) is 0 Å². The number of nitrogens with one attached hydrogen (secondary N) is 1. The molecule has 1 aliphatic rings. The zero-order chi connectivity index (χ0) is 11.1. The topological polar surface area (TPSA) is 44.7 Å². The zero-order valence-corrected chi connectivity index (χ0v) is 9.91. The number of likely N-dealkylation sites (N-methyl/N-ethyl adjacent to an activating group) is 1. The van der Waals surface area contributed by atoms with Gasteiger partial charge in [0.15, 0.2) is 0 Å². The maximum atomic E-state index is 9.60. The average molecular weight is 216 g/mol. The lowest BCUT2D eigenvalue weighted by Crippen LogP contribution is -2.40. The van der Waals surface area contributed by atoms with Crippen LogP contribution in [0.25, 0.3) is 0 Å². The molecule has 2 N–H and O–H groups in total. The van der Waals surface area contributed by atoms with E-state index in [2.05, 4.69) is 17.3 Å². The molecule has 0 amide bonds. The highest BCUT2D eigenvalue weighted by Gasteiger charge is 2.23. The van der Waals surface area contributed by atoms with Crippen LogP contribution in [-0.4, -0.2) is 62.6 Å². The van der Waals surface area contributed by atoms with Gasteiger partial charge in [-0.15, -0.1) is 0 Å². The molecule has 0 saturated heterocycles. The summed E-state index contributed by atoms with van der Waals surface area (Å²) in [5, 5.41) is 13.0. The molecule has 4 nitrogen and oxygen atoms in total. The average Bonchev–Trinajstić information content (AvgIpc) is 2.61. The van der Waals surface area contributed by atoms with Gasteiger partial charge in [0.25, 0.3) is 0 Å². The molecule has 1 aliphatic carbocycles. The number of aliphatic hydroxyl groups is 1. The van der Waals surface area contributed by atoms with Crippen molar-refractivity contribution in [3.05, 3.63) is 0 Å².